The van der Waals surface area contributed by atoms with E-state index in [1.165, 1.54) is 19.6 Å². The van der Waals surface area contributed by atoms with Crippen molar-refractivity contribution >= 4 is 17.4 Å². The fraction of sp³-hybridized carbons (Fsp3) is 0.600. The van der Waals surface area contributed by atoms with Gasteiger partial charge in [-0.05, 0) is 38.2 Å². The summed E-state index contributed by atoms with van der Waals surface area (Å²) in [5, 5.41) is 13.2. The third-order valence-electron chi connectivity index (χ3n) is 7.59. The summed E-state index contributed by atoms with van der Waals surface area (Å²) in [5.74, 6) is 0.318. The van der Waals surface area contributed by atoms with Crippen LogP contribution in [-0.4, -0.2) is 69.8 Å². The maximum Gasteiger partial charge on any atom is 0.421 e. The Morgan fingerprint density at radius 2 is 1.92 bits per heavy atom. The maximum absolute atomic E-state index is 13.5. The molecule has 2 N–H and O–H groups in total. The molecule has 2 aromatic rings. The topological polar surface area (TPSA) is 104 Å². The summed E-state index contributed by atoms with van der Waals surface area (Å²) >= 11 is 0. The van der Waals surface area contributed by atoms with Crippen molar-refractivity contribution in [3.05, 3.63) is 35.4 Å². The van der Waals surface area contributed by atoms with Crippen molar-refractivity contribution in [1.82, 2.24) is 19.9 Å². The fourth-order valence-electron chi connectivity index (χ4n) is 5.52. The summed E-state index contributed by atoms with van der Waals surface area (Å²) in [6.07, 6.45) is 2.13. The molecule has 2 aromatic heterocycles. The summed E-state index contributed by atoms with van der Waals surface area (Å²) in [5.41, 5.74) is 1.13. The van der Waals surface area contributed by atoms with Gasteiger partial charge in [0.2, 0.25) is 11.8 Å². The standard InChI is InChI=1S/C25H31F3N6O3/c1-37-23-20(25(26,27)28)10-17(11-29-23)33-9-7-21-19(13-33)22(31-14-30-21)32-16-6-8-34(12-16)24(36)15-2-4-18(35)5-3-15/h10-11,14-16,18,35H,2-9,12-13H2,1H3,(H,30,31,32)/t15-,16-,18+/m0/s1. The number of rotatable bonds is 5. The maximum atomic E-state index is 13.5. The van der Waals surface area contributed by atoms with Gasteiger partial charge in [0.25, 0.3) is 0 Å². The van der Waals surface area contributed by atoms with E-state index >= 15 is 0 Å². The van der Waals surface area contributed by atoms with Crippen molar-refractivity contribution in [1.29, 1.82) is 0 Å². The van der Waals surface area contributed by atoms with Crippen molar-refractivity contribution in [2.45, 2.75) is 63.4 Å². The first kappa shape index (κ1) is 25.5. The van der Waals surface area contributed by atoms with E-state index in [-0.39, 0.29) is 24.0 Å². The van der Waals surface area contributed by atoms with Crippen molar-refractivity contribution < 1.29 is 27.8 Å². The van der Waals surface area contributed by atoms with Crippen molar-refractivity contribution in [3.63, 3.8) is 0 Å². The van der Waals surface area contributed by atoms with Gasteiger partial charge < -0.3 is 25.0 Å². The predicted octanol–water partition coefficient (Wildman–Crippen LogP) is 3.03. The van der Waals surface area contributed by atoms with Crippen LogP contribution in [0.1, 0.15) is 48.9 Å². The van der Waals surface area contributed by atoms with Crippen LogP contribution in [0, 0.1) is 5.92 Å². The SMILES string of the molecule is COc1ncc(N2CCc3ncnc(N[C@H]4CCN(C(=O)[C@H]5CC[C@@H](O)CC5)C4)c3C2)cc1C(F)(F)F. The number of methoxy groups -OCH3 is 1. The van der Waals surface area contributed by atoms with Gasteiger partial charge in [-0.1, -0.05) is 0 Å². The van der Waals surface area contributed by atoms with E-state index in [0.29, 0.717) is 56.9 Å². The zero-order valence-electron chi connectivity index (χ0n) is 20.7. The predicted molar refractivity (Wildman–Crippen MR) is 129 cm³/mol. The largest absolute Gasteiger partial charge is 0.481 e. The van der Waals surface area contributed by atoms with E-state index in [2.05, 4.69) is 20.3 Å². The van der Waals surface area contributed by atoms with Crippen molar-refractivity contribution in [2.24, 2.45) is 5.92 Å². The molecule has 0 aromatic carbocycles. The molecule has 12 heteroatoms. The number of halogens is 3. The number of aromatic nitrogens is 3. The van der Waals surface area contributed by atoms with E-state index in [0.717, 1.165) is 36.6 Å². The highest BCUT2D eigenvalue weighted by molar-refractivity contribution is 5.79. The number of pyridine rings is 1. The number of nitrogens with zero attached hydrogens (tertiary/aromatic N) is 5. The molecule has 1 saturated carbocycles. The van der Waals surface area contributed by atoms with Gasteiger partial charge in [0.15, 0.2) is 0 Å². The first-order chi connectivity index (χ1) is 17.7. The second kappa shape index (κ2) is 10.3. The van der Waals surface area contributed by atoms with Crippen LogP contribution in [0.25, 0.3) is 0 Å². The van der Waals surface area contributed by atoms with Crippen molar-refractivity contribution in [2.75, 3.05) is 37.0 Å². The number of fused-ring (bicyclic) bond motifs is 1. The van der Waals surface area contributed by atoms with E-state index in [9.17, 15) is 23.1 Å². The number of alkyl halides is 3. The second-order valence-electron chi connectivity index (χ2n) is 9.99. The summed E-state index contributed by atoms with van der Waals surface area (Å²) in [4.78, 5) is 29.4. The minimum atomic E-state index is -4.58. The number of carbonyl (C=O) groups excluding carboxylic acids is 1. The zero-order valence-corrected chi connectivity index (χ0v) is 20.7. The Morgan fingerprint density at radius 3 is 2.65 bits per heavy atom. The summed E-state index contributed by atoms with van der Waals surface area (Å²) in [6.45, 7) is 2.06. The molecule has 0 bridgehead atoms. The Hall–Kier alpha value is -3.15. The van der Waals surface area contributed by atoms with Crippen LogP contribution in [0.3, 0.4) is 0 Å². The molecule has 2 fully saturated rings. The van der Waals surface area contributed by atoms with Gasteiger partial charge in [-0.25, -0.2) is 15.0 Å². The molecule has 5 rings (SSSR count). The third-order valence-corrected chi connectivity index (χ3v) is 7.59. The van der Waals surface area contributed by atoms with Crippen LogP contribution in [0.4, 0.5) is 24.7 Å². The van der Waals surface area contributed by atoms with Crippen LogP contribution in [0.15, 0.2) is 18.6 Å². The molecule has 2 aliphatic heterocycles. The van der Waals surface area contributed by atoms with Crippen LogP contribution in [0.2, 0.25) is 0 Å². The average Bonchev–Trinajstić information content (AvgIpc) is 3.36. The molecule has 1 aliphatic carbocycles. The highest BCUT2D eigenvalue weighted by Gasteiger charge is 2.37. The first-order valence-electron chi connectivity index (χ1n) is 12.6. The highest BCUT2D eigenvalue weighted by Crippen LogP contribution is 2.38. The Bertz CT molecular complexity index is 1140. The third kappa shape index (κ3) is 5.43. The number of anilines is 2. The Balaban J connectivity index is 1.28. The average molecular weight is 521 g/mol. The molecule has 1 saturated heterocycles. The number of amides is 1. The number of hydrogen-bond donors (Lipinski definition) is 2. The normalized spacial score (nSPS) is 24.1. The number of hydrogen-bond acceptors (Lipinski definition) is 8. The number of carbonyl (C=O) groups is 1. The quantitative estimate of drug-likeness (QED) is 0.620. The molecule has 37 heavy (non-hydrogen) atoms. The molecule has 0 spiro atoms. The number of nitrogens with one attached hydrogen (secondary N) is 1. The van der Waals surface area contributed by atoms with Gasteiger partial charge in [-0.15, -0.1) is 0 Å². The van der Waals surface area contributed by atoms with Gasteiger partial charge in [0.05, 0.1) is 30.8 Å². The monoisotopic (exact) mass is 520 g/mol. The molecule has 200 valence electrons. The number of ether oxygens (including phenoxy) is 1. The van der Waals surface area contributed by atoms with Gasteiger partial charge in [-0.2, -0.15) is 13.2 Å². The summed E-state index contributed by atoms with van der Waals surface area (Å²) in [6, 6.07) is 1.09. The van der Waals surface area contributed by atoms with E-state index in [1.54, 1.807) is 0 Å². The Kier molecular flexibility index (Phi) is 7.11. The molecule has 3 aliphatic rings. The molecule has 4 heterocycles. The second-order valence-corrected chi connectivity index (χ2v) is 9.99. The lowest BCUT2D eigenvalue weighted by Gasteiger charge is -2.32. The van der Waals surface area contributed by atoms with Crippen molar-refractivity contribution in [3.8, 4) is 5.88 Å². The minimum Gasteiger partial charge on any atom is -0.481 e. The van der Waals surface area contributed by atoms with Gasteiger partial charge in [-0.3, -0.25) is 4.79 Å². The fourth-order valence-corrected chi connectivity index (χ4v) is 5.52. The van der Waals surface area contributed by atoms with Gasteiger partial charge in [0, 0.05) is 50.1 Å². The van der Waals surface area contributed by atoms with Gasteiger partial charge in [0.1, 0.15) is 17.7 Å². The van der Waals surface area contributed by atoms with E-state index in [1.807, 2.05) is 9.80 Å². The highest BCUT2D eigenvalue weighted by atomic mass is 19.4. The lowest BCUT2D eigenvalue weighted by atomic mass is 9.86. The van der Waals surface area contributed by atoms with E-state index < -0.39 is 17.6 Å². The Labute approximate surface area is 213 Å². The Morgan fingerprint density at radius 1 is 1.14 bits per heavy atom. The van der Waals surface area contributed by atoms with Crippen LogP contribution in [-0.2, 0) is 23.9 Å². The number of likely N-dealkylation sites (tertiary alicyclic amines) is 1. The van der Waals surface area contributed by atoms with Gasteiger partial charge >= 0.3 is 6.18 Å². The number of aliphatic hydroxyl groups excluding tert-OH is 1. The number of aliphatic hydroxyl groups is 1. The summed E-state index contributed by atoms with van der Waals surface area (Å²) < 4.78 is 45.4. The molecular formula is C25H31F3N6O3. The van der Waals surface area contributed by atoms with Crippen LogP contribution >= 0.6 is 0 Å². The molecular weight excluding hydrogens is 489 g/mol. The lowest BCUT2D eigenvalue weighted by molar-refractivity contribution is -0.139. The molecule has 0 radical (unpaired) electrons. The summed E-state index contributed by atoms with van der Waals surface area (Å²) in [7, 11) is 1.17. The first-order valence-corrected chi connectivity index (χ1v) is 12.6. The smallest absolute Gasteiger partial charge is 0.421 e. The molecule has 1 amide bonds. The molecule has 9 nitrogen and oxygen atoms in total. The molecule has 0 unspecified atom stereocenters. The zero-order chi connectivity index (χ0) is 26.2. The van der Waals surface area contributed by atoms with E-state index in [4.69, 9.17) is 4.74 Å². The molecule has 1 atom stereocenters. The minimum absolute atomic E-state index is 0.0204. The van der Waals surface area contributed by atoms with Crippen LogP contribution < -0.4 is 15.0 Å². The van der Waals surface area contributed by atoms with Crippen LogP contribution in [0.5, 0.6) is 5.88 Å². The lowest BCUT2D eigenvalue weighted by Crippen LogP contribution is -2.38.